The van der Waals surface area contributed by atoms with Gasteiger partial charge in [-0.05, 0) is 56.7 Å². The number of ether oxygens (including phenoxy) is 1. The van der Waals surface area contributed by atoms with Crippen molar-refractivity contribution in [2.24, 2.45) is 0 Å². The summed E-state index contributed by atoms with van der Waals surface area (Å²) in [4.78, 5) is 12.4. The van der Waals surface area contributed by atoms with Crippen LogP contribution in [0.5, 0.6) is 5.75 Å². The second kappa shape index (κ2) is 6.84. The van der Waals surface area contributed by atoms with Crippen molar-refractivity contribution in [3.05, 3.63) is 64.9 Å². The molecule has 0 atom stereocenters. The molecule has 1 N–H and O–H groups in total. The van der Waals surface area contributed by atoms with Gasteiger partial charge in [-0.3, -0.25) is 9.48 Å². The number of methoxy groups -OCH3 is 1. The molecule has 130 valence electrons. The van der Waals surface area contributed by atoms with Gasteiger partial charge in [0.15, 0.2) is 5.76 Å². The maximum Gasteiger partial charge on any atom is 0.291 e. The van der Waals surface area contributed by atoms with Gasteiger partial charge in [-0.15, -0.1) is 0 Å². The fourth-order valence-electron chi connectivity index (χ4n) is 2.67. The molecule has 0 aliphatic carbocycles. The van der Waals surface area contributed by atoms with Crippen LogP contribution < -0.4 is 10.1 Å². The molecule has 0 spiro atoms. The van der Waals surface area contributed by atoms with Crippen molar-refractivity contribution in [3.8, 4) is 5.75 Å². The Morgan fingerprint density at radius 1 is 1.20 bits per heavy atom. The average molecular weight is 339 g/mol. The van der Waals surface area contributed by atoms with E-state index in [1.807, 2.05) is 49.7 Å². The lowest BCUT2D eigenvalue weighted by Crippen LogP contribution is -2.12. The molecular weight excluding hydrogens is 318 g/mol. The first-order chi connectivity index (χ1) is 12.0. The Balaban J connectivity index is 1.75. The molecule has 3 aromatic rings. The number of amides is 1. The van der Waals surface area contributed by atoms with Crippen LogP contribution in [-0.2, 0) is 6.54 Å². The molecule has 6 nitrogen and oxygen atoms in total. The number of furan rings is 1. The number of anilines is 1. The summed E-state index contributed by atoms with van der Waals surface area (Å²) in [5.74, 6) is 1.21. The molecule has 0 aliphatic rings. The van der Waals surface area contributed by atoms with Gasteiger partial charge in [-0.1, -0.05) is 6.07 Å². The lowest BCUT2D eigenvalue weighted by Gasteiger charge is -2.10. The zero-order valence-electron chi connectivity index (χ0n) is 14.8. The fourth-order valence-corrected chi connectivity index (χ4v) is 2.67. The first-order valence-electron chi connectivity index (χ1n) is 8.02. The third-order valence-electron chi connectivity index (χ3n) is 3.90. The summed E-state index contributed by atoms with van der Waals surface area (Å²) >= 11 is 0. The zero-order chi connectivity index (χ0) is 18.0. The van der Waals surface area contributed by atoms with Gasteiger partial charge in [-0.25, -0.2) is 0 Å². The van der Waals surface area contributed by atoms with Gasteiger partial charge >= 0.3 is 0 Å². The average Bonchev–Trinajstić information content (AvgIpc) is 3.15. The molecule has 25 heavy (non-hydrogen) atoms. The number of aryl methyl sites for hydroxylation is 3. The monoisotopic (exact) mass is 339 g/mol. The van der Waals surface area contributed by atoms with Crippen molar-refractivity contribution in [1.82, 2.24) is 9.78 Å². The van der Waals surface area contributed by atoms with Crippen LogP contribution in [0.3, 0.4) is 0 Å². The van der Waals surface area contributed by atoms with E-state index in [-0.39, 0.29) is 11.7 Å². The topological polar surface area (TPSA) is 69.3 Å². The van der Waals surface area contributed by atoms with Crippen LogP contribution >= 0.6 is 0 Å². The number of hydrogen-bond acceptors (Lipinski definition) is 4. The summed E-state index contributed by atoms with van der Waals surface area (Å²) in [5, 5.41) is 7.23. The van der Waals surface area contributed by atoms with E-state index in [1.165, 1.54) is 0 Å². The van der Waals surface area contributed by atoms with Gasteiger partial charge in [-0.2, -0.15) is 5.10 Å². The van der Waals surface area contributed by atoms with E-state index in [1.54, 1.807) is 19.2 Å². The van der Waals surface area contributed by atoms with Crippen LogP contribution in [0.4, 0.5) is 5.69 Å². The Morgan fingerprint density at radius 2 is 2.00 bits per heavy atom. The normalized spacial score (nSPS) is 10.7. The predicted molar refractivity (Wildman–Crippen MR) is 95.2 cm³/mol. The third-order valence-corrected chi connectivity index (χ3v) is 3.90. The Morgan fingerprint density at radius 3 is 2.68 bits per heavy atom. The van der Waals surface area contributed by atoms with Crippen LogP contribution in [0.1, 0.15) is 33.3 Å². The summed E-state index contributed by atoms with van der Waals surface area (Å²) in [6.07, 6.45) is 0. The number of rotatable bonds is 5. The fraction of sp³-hybridized carbons (Fsp3) is 0.263. The minimum absolute atomic E-state index is 0.250. The summed E-state index contributed by atoms with van der Waals surface area (Å²) < 4.78 is 12.8. The van der Waals surface area contributed by atoms with Gasteiger partial charge in [0.25, 0.3) is 5.91 Å². The number of hydrogen-bond donors (Lipinski definition) is 1. The first kappa shape index (κ1) is 16.8. The summed E-state index contributed by atoms with van der Waals surface area (Å²) in [6, 6.07) is 11.1. The van der Waals surface area contributed by atoms with Crippen molar-refractivity contribution in [3.63, 3.8) is 0 Å². The maximum atomic E-state index is 12.4. The maximum absolute atomic E-state index is 12.4. The van der Waals surface area contributed by atoms with E-state index in [0.29, 0.717) is 23.7 Å². The molecule has 6 heteroatoms. The van der Waals surface area contributed by atoms with Crippen molar-refractivity contribution >= 4 is 11.6 Å². The highest BCUT2D eigenvalue weighted by Crippen LogP contribution is 2.26. The molecule has 1 aromatic carbocycles. The highest BCUT2D eigenvalue weighted by molar-refractivity contribution is 6.03. The van der Waals surface area contributed by atoms with E-state index >= 15 is 0 Å². The molecule has 2 heterocycles. The molecule has 0 fully saturated rings. The Kier molecular flexibility index (Phi) is 4.61. The summed E-state index contributed by atoms with van der Waals surface area (Å²) in [7, 11) is 1.57. The summed E-state index contributed by atoms with van der Waals surface area (Å²) in [5.41, 5.74) is 3.64. The number of carbonyl (C=O) groups is 1. The number of nitrogens with one attached hydrogen (secondary N) is 1. The van der Waals surface area contributed by atoms with E-state index in [0.717, 1.165) is 17.0 Å². The SMILES string of the molecule is COc1ccc(C)cc1NC(=O)c1ccc(Cn2nc(C)cc2C)o1. The molecule has 0 radical (unpaired) electrons. The Hall–Kier alpha value is -3.02. The standard InChI is InChI=1S/C19H21N3O3/c1-12-5-7-17(24-4)16(9-12)20-19(23)18-8-6-15(25-18)11-22-14(3)10-13(2)21-22/h5-10H,11H2,1-4H3,(H,20,23). The smallest absolute Gasteiger partial charge is 0.291 e. The Labute approximate surface area is 146 Å². The predicted octanol–water partition coefficient (Wildman–Crippen LogP) is 3.71. The molecule has 1 amide bonds. The molecule has 0 saturated heterocycles. The largest absolute Gasteiger partial charge is 0.495 e. The summed E-state index contributed by atoms with van der Waals surface area (Å²) in [6.45, 7) is 6.37. The quantitative estimate of drug-likeness (QED) is 0.769. The zero-order valence-corrected chi connectivity index (χ0v) is 14.8. The molecule has 0 aliphatic heterocycles. The molecule has 0 unspecified atom stereocenters. The van der Waals surface area contributed by atoms with E-state index < -0.39 is 0 Å². The van der Waals surface area contributed by atoms with Crippen molar-refractivity contribution in [2.75, 3.05) is 12.4 Å². The highest BCUT2D eigenvalue weighted by atomic mass is 16.5. The molecule has 2 aromatic heterocycles. The second-order valence-electron chi connectivity index (χ2n) is 6.01. The third kappa shape index (κ3) is 3.74. The molecule has 0 saturated carbocycles. The van der Waals surface area contributed by atoms with Crippen LogP contribution in [0.15, 0.2) is 40.8 Å². The molecular formula is C19H21N3O3. The lowest BCUT2D eigenvalue weighted by molar-refractivity contribution is 0.0994. The Bertz CT molecular complexity index is 909. The minimum atomic E-state index is -0.316. The van der Waals surface area contributed by atoms with Crippen LogP contribution in [-0.4, -0.2) is 22.8 Å². The van der Waals surface area contributed by atoms with Crippen molar-refractivity contribution in [1.29, 1.82) is 0 Å². The first-order valence-corrected chi connectivity index (χ1v) is 8.02. The highest BCUT2D eigenvalue weighted by Gasteiger charge is 2.15. The van der Waals surface area contributed by atoms with Crippen LogP contribution in [0.2, 0.25) is 0 Å². The second-order valence-corrected chi connectivity index (χ2v) is 6.01. The molecule has 0 bridgehead atoms. The number of aromatic nitrogens is 2. The minimum Gasteiger partial charge on any atom is -0.495 e. The van der Waals surface area contributed by atoms with Crippen LogP contribution in [0, 0.1) is 20.8 Å². The van der Waals surface area contributed by atoms with Crippen molar-refractivity contribution in [2.45, 2.75) is 27.3 Å². The van der Waals surface area contributed by atoms with E-state index in [2.05, 4.69) is 10.4 Å². The van der Waals surface area contributed by atoms with E-state index in [9.17, 15) is 4.79 Å². The van der Waals surface area contributed by atoms with Gasteiger partial charge < -0.3 is 14.5 Å². The number of nitrogens with zero attached hydrogens (tertiary/aromatic N) is 2. The van der Waals surface area contributed by atoms with Gasteiger partial charge in [0, 0.05) is 5.69 Å². The van der Waals surface area contributed by atoms with E-state index in [4.69, 9.17) is 9.15 Å². The van der Waals surface area contributed by atoms with Gasteiger partial charge in [0.2, 0.25) is 0 Å². The van der Waals surface area contributed by atoms with Gasteiger partial charge in [0.1, 0.15) is 11.5 Å². The van der Waals surface area contributed by atoms with Crippen LogP contribution in [0.25, 0.3) is 0 Å². The van der Waals surface area contributed by atoms with Crippen molar-refractivity contribution < 1.29 is 13.9 Å². The number of carbonyl (C=O) groups excluding carboxylic acids is 1. The lowest BCUT2D eigenvalue weighted by atomic mass is 10.2. The number of benzene rings is 1. The van der Waals surface area contributed by atoms with Gasteiger partial charge in [0.05, 0.1) is 25.0 Å². The molecule has 3 rings (SSSR count).